The van der Waals surface area contributed by atoms with Crippen molar-refractivity contribution < 1.29 is 23.3 Å². The van der Waals surface area contributed by atoms with Gasteiger partial charge in [-0.3, -0.25) is 10.4 Å². The number of aromatic nitrogens is 2. The molecule has 0 fully saturated rings. The average Bonchev–Trinajstić information content (AvgIpc) is 3.21. The number of benzene rings is 2. The fourth-order valence-electron chi connectivity index (χ4n) is 4.01. The summed E-state index contributed by atoms with van der Waals surface area (Å²) >= 11 is 6.55. The summed E-state index contributed by atoms with van der Waals surface area (Å²) in [6.45, 7) is -0.151. The van der Waals surface area contributed by atoms with Crippen molar-refractivity contribution in [2.45, 2.75) is 25.9 Å². The van der Waals surface area contributed by atoms with Gasteiger partial charge < -0.3 is 18.9 Å². The van der Waals surface area contributed by atoms with E-state index in [4.69, 9.17) is 40.5 Å². The first-order valence-corrected chi connectivity index (χ1v) is 11.5. The Morgan fingerprint density at radius 1 is 1.06 bits per heavy atom. The molecule has 0 bridgehead atoms. The third kappa shape index (κ3) is 5.48. The average molecular weight is 503 g/mol. The zero-order valence-electron chi connectivity index (χ0n) is 19.9. The molecular weight excluding hydrogens is 475 g/mol. The molecule has 8 nitrogen and oxygen atoms in total. The predicted molar refractivity (Wildman–Crippen MR) is 132 cm³/mol. The second-order valence-corrected chi connectivity index (χ2v) is 8.26. The van der Waals surface area contributed by atoms with E-state index in [1.165, 1.54) is 0 Å². The van der Waals surface area contributed by atoms with Gasteiger partial charge in [-0.15, -0.1) is 0 Å². The first-order chi connectivity index (χ1) is 17.1. The molecule has 3 aromatic rings. The van der Waals surface area contributed by atoms with E-state index in [0.717, 1.165) is 11.3 Å². The molecule has 0 radical (unpaired) electrons. The third-order valence-corrected chi connectivity index (χ3v) is 5.89. The van der Waals surface area contributed by atoms with Crippen LogP contribution in [0.15, 0.2) is 42.5 Å². The summed E-state index contributed by atoms with van der Waals surface area (Å²) in [5.74, 6) is 1.13. The van der Waals surface area contributed by atoms with Gasteiger partial charge in [-0.05, 0) is 29.8 Å². The van der Waals surface area contributed by atoms with E-state index in [2.05, 4.69) is 5.43 Å². The maximum atomic E-state index is 12.9. The van der Waals surface area contributed by atoms with E-state index in [1.807, 2.05) is 41.4 Å². The zero-order valence-corrected chi connectivity index (χ0v) is 20.6. The Balaban J connectivity index is 1.76. The van der Waals surface area contributed by atoms with Crippen molar-refractivity contribution in [1.29, 1.82) is 0 Å². The van der Waals surface area contributed by atoms with Gasteiger partial charge in [-0.1, -0.05) is 29.8 Å². The van der Waals surface area contributed by atoms with Crippen LogP contribution in [0.1, 0.15) is 17.0 Å². The van der Waals surface area contributed by atoms with E-state index in [-0.39, 0.29) is 19.8 Å². The number of hydrazine groups is 1. The summed E-state index contributed by atoms with van der Waals surface area (Å²) in [5, 5.41) is 2.33. The second-order valence-electron chi connectivity index (χ2n) is 7.86. The molecule has 1 aliphatic rings. The summed E-state index contributed by atoms with van der Waals surface area (Å²) in [7, 11) is 4.77. The lowest BCUT2D eigenvalue weighted by Gasteiger charge is -2.29. The maximum Gasteiger partial charge on any atom is 0.169 e. The SMILES string of the molecule is COCc1nc(-c2ccc(OC)cc2Cl)c(COC)nc1NN1c2ccccc2C[C@@H]1OCCF. The normalized spacial score (nSPS) is 14.8. The summed E-state index contributed by atoms with van der Waals surface area (Å²) in [4.78, 5) is 9.72. The van der Waals surface area contributed by atoms with Crippen LogP contribution in [0.25, 0.3) is 11.3 Å². The van der Waals surface area contributed by atoms with Gasteiger partial charge in [0, 0.05) is 26.2 Å². The number of hydrogen-bond acceptors (Lipinski definition) is 8. The van der Waals surface area contributed by atoms with Crippen LogP contribution in [-0.4, -0.2) is 50.8 Å². The number of anilines is 2. The fraction of sp³-hybridized carbons (Fsp3) is 0.360. The van der Waals surface area contributed by atoms with Gasteiger partial charge in [0.25, 0.3) is 0 Å². The number of halogens is 2. The minimum absolute atomic E-state index is 0.00271. The molecular formula is C25H28ClFN4O4. The number of nitrogens with one attached hydrogen (secondary N) is 1. The van der Waals surface area contributed by atoms with Gasteiger partial charge >= 0.3 is 0 Å². The number of para-hydroxylation sites is 1. The van der Waals surface area contributed by atoms with Crippen molar-refractivity contribution >= 4 is 23.1 Å². The van der Waals surface area contributed by atoms with Crippen LogP contribution in [0.3, 0.4) is 0 Å². The first kappa shape index (κ1) is 25.1. The van der Waals surface area contributed by atoms with E-state index < -0.39 is 12.9 Å². The van der Waals surface area contributed by atoms with E-state index >= 15 is 0 Å². The van der Waals surface area contributed by atoms with Crippen LogP contribution in [0, 0.1) is 0 Å². The standard InChI is InChI=1S/C25H28ClFN4O4/c1-32-14-20-24(18-9-8-17(34-3)13-19(18)26)28-21(15-33-2)25(29-20)30-31-22-7-5-4-6-16(22)12-23(31)35-11-10-27/h4-9,13,23H,10-12,14-15H2,1-3H3,(H,29,30)/t23-/m0/s1. The van der Waals surface area contributed by atoms with Gasteiger partial charge in [0.1, 0.15) is 18.1 Å². The van der Waals surface area contributed by atoms with Crippen LogP contribution < -0.4 is 15.2 Å². The van der Waals surface area contributed by atoms with Crippen molar-refractivity contribution in [3.8, 4) is 17.0 Å². The lowest BCUT2D eigenvalue weighted by atomic mass is 10.1. The summed E-state index contributed by atoms with van der Waals surface area (Å²) in [6.07, 6.45) is 0.211. The smallest absolute Gasteiger partial charge is 0.169 e. The zero-order chi connectivity index (χ0) is 24.8. The molecule has 2 aromatic carbocycles. The number of alkyl halides is 1. The largest absolute Gasteiger partial charge is 0.497 e. The van der Waals surface area contributed by atoms with Crippen molar-refractivity contribution in [3.05, 3.63) is 64.4 Å². The monoisotopic (exact) mass is 502 g/mol. The van der Waals surface area contributed by atoms with Crippen molar-refractivity contribution in [2.75, 3.05) is 45.0 Å². The highest BCUT2D eigenvalue weighted by molar-refractivity contribution is 6.33. The van der Waals surface area contributed by atoms with Gasteiger partial charge in [0.15, 0.2) is 12.0 Å². The highest BCUT2D eigenvalue weighted by atomic mass is 35.5. The Bertz CT molecular complexity index is 1170. The van der Waals surface area contributed by atoms with Crippen LogP contribution in [-0.2, 0) is 33.8 Å². The van der Waals surface area contributed by atoms with Crippen LogP contribution in [0.4, 0.5) is 15.9 Å². The first-order valence-electron chi connectivity index (χ1n) is 11.1. The van der Waals surface area contributed by atoms with Crippen molar-refractivity contribution in [3.63, 3.8) is 0 Å². The molecule has 35 heavy (non-hydrogen) atoms. The Morgan fingerprint density at radius 3 is 2.54 bits per heavy atom. The highest BCUT2D eigenvalue weighted by Crippen LogP contribution is 2.36. The molecule has 0 unspecified atom stereocenters. The molecule has 0 saturated heterocycles. The molecule has 4 rings (SSSR count). The highest BCUT2D eigenvalue weighted by Gasteiger charge is 2.31. The quantitative estimate of drug-likeness (QED) is 0.400. The molecule has 2 heterocycles. The molecule has 0 spiro atoms. The Kier molecular flexibility index (Phi) is 8.35. The number of rotatable bonds is 11. The van der Waals surface area contributed by atoms with Crippen LogP contribution in [0.5, 0.6) is 5.75 Å². The molecule has 1 aliphatic heterocycles. The Labute approximate surface area is 208 Å². The number of fused-ring (bicyclic) bond motifs is 1. The van der Waals surface area contributed by atoms with Crippen LogP contribution in [0.2, 0.25) is 5.02 Å². The molecule has 0 amide bonds. The van der Waals surface area contributed by atoms with Gasteiger partial charge in [-0.2, -0.15) is 0 Å². The van der Waals surface area contributed by atoms with Gasteiger partial charge in [0.2, 0.25) is 0 Å². The molecule has 1 atom stereocenters. The Morgan fingerprint density at radius 2 is 1.83 bits per heavy atom. The van der Waals surface area contributed by atoms with Gasteiger partial charge in [0.05, 0.1) is 49.0 Å². The molecule has 1 aromatic heterocycles. The number of ether oxygens (including phenoxy) is 4. The second kappa shape index (κ2) is 11.6. The number of nitrogens with zero attached hydrogens (tertiary/aromatic N) is 3. The molecule has 0 aliphatic carbocycles. The minimum atomic E-state index is -0.565. The summed E-state index contributed by atoms with van der Waals surface area (Å²) < 4.78 is 34.8. The predicted octanol–water partition coefficient (Wildman–Crippen LogP) is 4.80. The lowest BCUT2D eigenvalue weighted by molar-refractivity contribution is 0.0507. The van der Waals surface area contributed by atoms with Crippen molar-refractivity contribution in [1.82, 2.24) is 9.97 Å². The van der Waals surface area contributed by atoms with Gasteiger partial charge in [-0.25, -0.2) is 14.4 Å². The number of hydrogen-bond donors (Lipinski definition) is 1. The van der Waals surface area contributed by atoms with E-state index in [9.17, 15) is 4.39 Å². The fourth-order valence-corrected chi connectivity index (χ4v) is 4.27. The third-order valence-electron chi connectivity index (χ3n) is 5.58. The molecule has 10 heteroatoms. The molecule has 0 saturated carbocycles. The molecule has 186 valence electrons. The van der Waals surface area contributed by atoms with E-state index in [0.29, 0.717) is 45.7 Å². The van der Waals surface area contributed by atoms with E-state index in [1.54, 1.807) is 27.4 Å². The summed E-state index contributed by atoms with van der Waals surface area (Å²) in [6, 6.07) is 13.3. The van der Waals surface area contributed by atoms with Crippen LogP contribution >= 0.6 is 11.6 Å². The maximum absolute atomic E-state index is 12.9. The molecule has 1 N–H and O–H groups in total. The Hall–Kier alpha value is -2.98. The number of methoxy groups -OCH3 is 3. The minimum Gasteiger partial charge on any atom is -0.497 e. The lowest BCUT2D eigenvalue weighted by Crippen LogP contribution is -2.40. The summed E-state index contributed by atoms with van der Waals surface area (Å²) in [5.41, 5.74) is 7.81. The van der Waals surface area contributed by atoms with Crippen molar-refractivity contribution in [2.24, 2.45) is 0 Å². The topological polar surface area (TPSA) is 78.0 Å².